The van der Waals surface area contributed by atoms with Crippen LogP contribution in [0, 0.1) is 17.6 Å². The van der Waals surface area contributed by atoms with Crippen molar-refractivity contribution in [3.05, 3.63) is 89.2 Å². The van der Waals surface area contributed by atoms with Crippen molar-refractivity contribution in [2.45, 2.75) is 33.0 Å². The Kier molecular flexibility index (Phi) is 7.35. The zero-order valence-corrected chi connectivity index (χ0v) is 18.3. The van der Waals surface area contributed by atoms with Gasteiger partial charge in [-0.15, -0.1) is 0 Å². The molecule has 0 aliphatic heterocycles. The fourth-order valence-electron chi connectivity index (χ4n) is 3.38. The number of likely N-dealkylation sites (N-methyl/N-ethyl adjacent to an activating group) is 1. The number of carbonyl (C=O) groups is 2. The predicted molar refractivity (Wildman–Crippen MR) is 117 cm³/mol. The minimum atomic E-state index is -0.975. The number of rotatable bonds is 8. The molecule has 3 rings (SSSR count). The smallest absolute Gasteiger partial charge is 0.257 e. The maximum absolute atomic E-state index is 14.0. The third-order valence-electron chi connectivity index (χ3n) is 5.08. The lowest BCUT2D eigenvalue weighted by Crippen LogP contribution is -2.50. The second kappa shape index (κ2) is 10.2. The quantitative estimate of drug-likeness (QED) is 0.582. The normalized spacial score (nSPS) is 11.9. The highest BCUT2D eigenvalue weighted by molar-refractivity contribution is 5.98. The first kappa shape index (κ1) is 23.1. The zero-order valence-electron chi connectivity index (χ0n) is 18.3. The molecule has 168 valence electrons. The molecule has 1 aromatic heterocycles. The maximum Gasteiger partial charge on any atom is 0.257 e. The first-order valence-electron chi connectivity index (χ1n) is 10.3. The van der Waals surface area contributed by atoms with Crippen LogP contribution in [0.25, 0.3) is 0 Å². The van der Waals surface area contributed by atoms with Crippen molar-refractivity contribution in [2.75, 3.05) is 7.05 Å². The number of nitrogens with one attached hydrogen (secondary N) is 1. The maximum atomic E-state index is 14.0. The van der Waals surface area contributed by atoms with E-state index in [0.29, 0.717) is 6.54 Å². The first-order chi connectivity index (χ1) is 15.3. The van der Waals surface area contributed by atoms with Crippen LogP contribution in [0.2, 0.25) is 0 Å². The zero-order chi connectivity index (χ0) is 23.3. The van der Waals surface area contributed by atoms with Gasteiger partial charge in [-0.1, -0.05) is 50.2 Å². The van der Waals surface area contributed by atoms with Gasteiger partial charge in [0.25, 0.3) is 5.91 Å². The average Bonchev–Trinajstić information content (AvgIpc) is 3.18. The van der Waals surface area contributed by atoms with Crippen LogP contribution >= 0.6 is 0 Å². The summed E-state index contributed by atoms with van der Waals surface area (Å²) in [6.07, 6.45) is 3.54. The number of aromatic nitrogens is 2. The fourth-order valence-corrected chi connectivity index (χ4v) is 3.38. The van der Waals surface area contributed by atoms with Gasteiger partial charge < -0.3 is 10.2 Å². The molecule has 0 saturated heterocycles. The summed E-state index contributed by atoms with van der Waals surface area (Å²) in [5.41, 5.74) is 1.23. The van der Waals surface area contributed by atoms with Crippen LogP contribution in [-0.2, 0) is 17.9 Å². The highest BCUT2D eigenvalue weighted by atomic mass is 19.1. The highest BCUT2D eigenvalue weighted by Gasteiger charge is 2.29. The largest absolute Gasteiger partial charge is 0.340 e. The monoisotopic (exact) mass is 440 g/mol. The summed E-state index contributed by atoms with van der Waals surface area (Å²) in [5, 5.41) is 6.82. The number of carbonyl (C=O) groups excluding carboxylic acids is 2. The molecule has 0 fully saturated rings. The number of amides is 2. The molecule has 3 aromatic rings. The van der Waals surface area contributed by atoms with E-state index >= 15 is 0 Å². The van der Waals surface area contributed by atoms with Gasteiger partial charge in [0.2, 0.25) is 5.91 Å². The molecule has 1 heterocycles. The van der Waals surface area contributed by atoms with Crippen molar-refractivity contribution < 1.29 is 18.4 Å². The van der Waals surface area contributed by atoms with Crippen molar-refractivity contribution >= 4 is 11.8 Å². The Bertz CT molecular complexity index is 1060. The van der Waals surface area contributed by atoms with E-state index in [1.807, 2.05) is 36.5 Å². The van der Waals surface area contributed by atoms with Crippen molar-refractivity contribution in [3.63, 3.8) is 0 Å². The Morgan fingerprint density at radius 2 is 1.69 bits per heavy atom. The molecular weight excluding hydrogens is 414 g/mol. The number of nitrogens with zero attached hydrogens (tertiary/aromatic N) is 3. The molecule has 0 bridgehead atoms. The molecule has 8 heteroatoms. The van der Waals surface area contributed by atoms with Gasteiger partial charge in [0.1, 0.15) is 23.2 Å². The van der Waals surface area contributed by atoms with Gasteiger partial charge in [-0.3, -0.25) is 14.3 Å². The van der Waals surface area contributed by atoms with Crippen molar-refractivity contribution in [3.8, 4) is 0 Å². The fraction of sp³-hybridized carbons (Fsp3) is 0.292. The molecule has 6 nitrogen and oxygen atoms in total. The number of halogens is 2. The van der Waals surface area contributed by atoms with Crippen LogP contribution in [-0.4, -0.2) is 39.6 Å². The number of benzene rings is 2. The summed E-state index contributed by atoms with van der Waals surface area (Å²) in [5.74, 6) is -3.56. The van der Waals surface area contributed by atoms with E-state index in [2.05, 4.69) is 10.4 Å². The van der Waals surface area contributed by atoms with E-state index in [1.54, 1.807) is 31.8 Å². The summed E-state index contributed by atoms with van der Waals surface area (Å²) in [6, 6.07) is 12.1. The summed E-state index contributed by atoms with van der Waals surface area (Å²) >= 11 is 0. The summed E-state index contributed by atoms with van der Waals surface area (Å²) < 4.78 is 29.7. The molecule has 0 aliphatic carbocycles. The van der Waals surface area contributed by atoms with E-state index in [-0.39, 0.29) is 18.4 Å². The number of hydrogen-bond acceptors (Lipinski definition) is 3. The van der Waals surface area contributed by atoms with E-state index in [0.717, 1.165) is 23.3 Å². The molecule has 32 heavy (non-hydrogen) atoms. The molecule has 1 atom stereocenters. The van der Waals surface area contributed by atoms with E-state index in [9.17, 15) is 18.4 Å². The van der Waals surface area contributed by atoms with Crippen LogP contribution in [0.1, 0.15) is 35.3 Å². The molecule has 2 aromatic carbocycles. The molecule has 1 N–H and O–H groups in total. The van der Waals surface area contributed by atoms with Gasteiger partial charge in [0.05, 0.1) is 12.7 Å². The van der Waals surface area contributed by atoms with E-state index in [1.165, 1.54) is 11.0 Å². The standard InChI is InChI=1S/C24H26F2N4O2/c1-16(2)22(28-23(31)21-19(25)10-7-11-20(21)26)24(32)29(3)13-18-12-27-30(15-18)14-17-8-5-4-6-9-17/h4-12,15-16,22H,13-14H2,1-3H3,(H,28,31). The summed E-state index contributed by atoms with van der Waals surface area (Å²) in [6.45, 7) is 4.40. The van der Waals surface area contributed by atoms with Crippen LogP contribution in [0.15, 0.2) is 60.9 Å². The van der Waals surface area contributed by atoms with E-state index in [4.69, 9.17) is 0 Å². The molecule has 0 radical (unpaired) electrons. The minimum Gasteiger partial charge on any atom is -0.340 e. The molecule has 1 unspecified atom stereocenters. The SMILES string of the molecule is CC(C)C(NC(=O)c1c(F)cccc1F)C(=O)N(C)Cc1cnn(Cc2ccccc2)c1. The van der Waals surface area contributed by atoms with Gasteiger partial charge in [-0.2, -0.15) is 5.10 Å². The third-order valence-corrected chi connectivity index (χ3v) is 5.08. The minimum absolute atomic E-state index is 0.279. The van der Waals surface area contributed by atoms with Crippen LogP contribution in [0.4, 0.5) is 8.78 Å². The molecule has 0 aliphatic rings. The summed E-state index contributed by atoms with van der Waals surface area (Å²) in [4.78, 5) is 27.0. The van der Waals surface area contributed by atoms with Gasteiger partial charge in [-0.25, -0.2) is 8.78 Å². The van der Waals surface area contributed by atoms with Crippen molar-refractivity contribution in [1.82, 2.24) is 20.0 Å². The predicted octanol–water partition coefficient (Wildman–Crippen LogP) is 3.62. The molecule has 0 spiro atoms. The van der Waals surface area contributed by atoms with Crippen molar-refractivity contribution in [2.24, 2.45) is 5.92 Å². The Labute approximate surface area is 185 Å². The molecular formula is C24H26F2N4O2. The molecule has 0 saturated carbocycles. The lowest BCUT2D eigenvalue weighted by molar-refractivity contribution is -0.133. The molecule has 2 amide bonds. The van der Waals surface area contributed by atoms with Gasteiger partial charge in [-0.05, 0) is 23.6 Å². The Hall–Kier alpha value is -3.55. The lowest BCUT2D eigenvalue weighted by atomic mass is 10.0. The topological polar surface area (TPSA) is 67.2 Å². The van der Waals surface area contributed by atoms with Gasteiger partial charge in [0, 0.05) is 25.4 Å². The van der Waals surface area contributed by atoms with Crippen LogP contribution < -0.4 is 5.32 Å². The summed E-state index contributed by atoms with van der Waals surface area (Å²) in [7, 11) is 1.61. The third kappa shape index (κ3) is 5.57. The second-order valence-corrected chi connectivity index (χ2v) is 8.02. The van der Waals surface area contributed by atoms with Crippen LogP contribution in [0.5, 0.6) is 0 Å². The first-order valence-corrected chi connectivity index (χ1v) is 10.3. The van der Waals surface area contributed by atoms with Crippen molar-refractivity contribution in [1.29, 1.82) is 0 Å². The Balaban J connectivity index is 1.66. The second-order valence-electron chi connectivity index (χ2n) is 8.02. The lowest BCUT2D eigenvalue weighted by Gasteiger charge is -2.27. The average molecular weight is 440 g/mol. The Morgan fingerprint density at radius 1 is 1.03 bits per heavy atom. The highest BCUT2D eigenvalue weighted by Crippen LogP contribution is 2.15. The van der Waals surface area contributed by atoms with Gasteiger partial charge in [0.15, 0.2) is 0 Å². The Morgan fingerprint density at radius 3 is 2.31 bits per heavy atom. The van der Waals surface area contributed by atoms with Gasteiger partial charge >= 0.3 is 0 Å². The van der Waals surface area contributed by atoms with E-state index < -0.39 is 29.1 Å². The van der Waals surface area contributed by atoms with Crippen LogP contribution in [0.3, 0.4) is 0 Å². The number of hydrogen-bond donors (Lipinski definition) is 1.